The van der Waals surface area contributed by atoms with Crippen LogP contribution < -0.4 is 0 Å². The molecule has 0 atom stereocenters. The van der Waals surface area contributed by atoms with E-state index in [-0.39, 0.29) is 0 Å². The van der Waals surface area contributed by atoms with E-state index < -0.39 is 0 Å². The number of fused-ring (bicyclic) bond motifs is 1. The van der Waals surface area contributed by atoms with Gasteiger partial charge in [-0.1, -0.05) is 26.0 Å². The Hall–Kier alpha value is -1.28. The molecule has 2 aromatic rings. The highest BCUT2D eigenvalue weighted by Gasteiger charge is 2.09. The fourth-order valence-corrected chi connectivity index (χ4v) is 2.45. The Kier molecular flexibility index (Phi) is 4.07. The summed E-state index contributed by atoms with van der Waals surface area (Å²) in [7, 11) is 4.24. The fraction of sp³-hybridized carbons (Fsp3) is 0.500. The molecule has 1 aromatic heterocycles. The van der Waals surface area contributed by atoms with E-state index in [2.05, 4.69) is 62.2 Å². The van der Waals surface area contributed by atoms with E-state index in [4.69, 9.17) is 0 Å². The molecule has 0 saturated carbocycles. The number of aryl methyl sites for hydroxylation is 1. The van der Waals surface area contributed by atoms with Crippen molar-refractivity contribution >= 4 is 10.9 Å². The monoisotopic (exact) mass is 244 g/mol. The van der Waals surface area contributed by atoms with Gasteiger partial charge in [-0.15, -0.1) is 0 Å². The van der Waals surface area contributed by atoms with Crippen molar-refractivity contribution in [3.63, 3.8) is 0 Å². The number of aromatic amines is 1. The molecule has 0 aliphatic rings. The molecule has 2 nitrogen and oxygen atoms in total. The molecule has 18 heavy (non-hydrogen) atoms. The molecule has 1 heterocycles. The first-order valence-electron chi connectivity index (χ1n) is 6.80. The maximum atomic E-state index is 3.39. The molecule has 2 heteroatoms. The highest BCUT2D eigenvalue weighted by atomic mass is 15.0. The Balaban J connectivity index is 2.35. The van der Waals surface area contributed by atoms with Gasteiger partial charge in [0.15, 0.2) is 0 Å². The van der Waals surface area contributed by atoms with Crippen LogP contribution >= 0.6 is 0 Å². The average Bonchev–Trinajstić information content (AvgIpc) is 2.69. The van der Waals surface area contributed by atoms with Crippen molar-refractivity contribution in [3.05, 3.63) is 35.5 Å². The predicted octanol–water partition coefficient (Wildman–Crippen LogP) is 3.82. The highest BCUT2D eigenvalue weighted by molar-refractivity contribution is 5.86. The lowest BCUT2D eigenvalue weighted by Crippen LogP contribution is -2.10. The van der Waals surface area contributed by atoms with Crippen LogP contribution in [-0.4, -0.2) is 24.0 Å². The number of hydrogen-bond donors (Lipinski definition) is 1. The molecule has 0 saturated heterocycles. The van der Waals surface area contributed by atoms with Crippen LogP contribution in [0.1, 0.15) is 31.4 Å². The molecular formula is C16H24N2. The third-order valence-electron chi connectivity index (χ3n) is 3.35. The van der Waals surface area contributed by atoms with Gasteiger partial charge in [0.1, 0.15) is 0 Å². The average molecular weight is 244 g/mol. The molecule has 0 aliphatic heterocycles. The molecule has 0 fully saturated rings. The Morgan fingerprint density at radius 2 is 1.94 bits per heavy atom. The second-order valence-electron chi connectivity index (χ2n) is 5.82. The van der Waals surface area contributed by atoms with Crippen LogP contribution in [0.15, 0.2) is 24.4 Å². The summed E-state index contributed by atoms with van der Waals surface area (Å²) in [5.74, 6) is 0.761. The van der Waals surface area contributed by atoms with Crippen LogP contribution in [0.2, 0.25) is 0 Å². The van der Waals surface area contributed by atoms with Crippen molar-refractivity contribution in [1.82, 2.24) is 9.88 Å². The summed E-state index contributed by atoms with van der Waals surface area (Å²) < 4.78 is 0. The Labute approximate surface area is 110 Å². The van der Waals surface area contributed by atoms with E-state index in [1.54, 1.807) is 0 Å². The summed E-state index contributed by atoms with van der Waals surface area (Å²) >= 11 is 0. The van der Waals surface area contributed by atoms with Gasteiger partial charge >= 0.3 is 0 Å². The normalized spacial score (nSPS) is 11.9. The van der Waals surface area contributed by atoms with Gasteiger partial charge in [-0.3, -0.25) is 0 Å². The number of benzene rings is 1. The molecule has 1 N–H and O–H groups in total. The Morgan fingerprint density at radius 1 is 1.17 bits per heavy atom. The van der Waals surface area contributed by atoms with Crippen molar-refractivity contribution in [1.29, 1.82) is 0 Å². The zero-order valence-electron chi connectivity index (χ0n) is 12.0. The van der Waals surface area contributed by atoms with Crippen LogP contribution in [0, 0.1) is 5.92 Å². The topological polar surface area (TPSA) is 19.0 Å². The van der Waals surface area contributed by atoms with E-state index >= 15 is 0 Å². The van der Waals surface area contributed by atoms with Gasteiger partial charge < -0.3 is 9.88 Å². The number of rotatable bonds is 5. The Morgan fingerprint density at radius 3 is 2.61 bits per heavy atom. The lowest BCUT2D eigenvalue weighted by Gasteiger charge is -2.11. The van der Waals surface area contributed by atoms with E-state index in [9.17, 15) is 0 Å². The lowest BCUT2D eigenvalue weighted by molar-refractivity contribution is 0.404. The molecule has 0 radical (unpaired) electrons. The quantitative estimate of drug-likeness (QED) is 0.847. The molecule has 98 valence electrons. The summed E-state index contributed by atoms with van der Waals surface area (Å²) in [6.45, 7) is 5.58. The van der Waals surface area contributed by atoms with Crippen molar-refractivity contribution < 1.29 is 0 Å². The summed E-state index contributed by atoms with van der Waals surface area (Å²) in [6, 6.07) is 6.61. The van der Waals surface area contributed by atoms with Gasteiger partial charge in [-0.25, -0.2) is 0 Å². The number of hydrogen-bond acceptors (Lipinski definition) is 1. The number of H-pyrrole nitrogens is 1. The first-order chi connectivity index (χ1) is 8.58. The van der Waals surface area contributed by atoms with Gasteiger partial charge in [0, 0.05) is 23.6 Å². The minimum Gasteiger partial charge on any atom is -0.361 e. The van der Waals surface area contributed by atoms with Gasteiger partial charge in [0.05, 0.1) is 0 Å². The number of nitrogens with zero attached hydrogens (tertiary/aromatic N) is 1. The zero-order chi connectivity index (χ0) is 13.1. The van der Waals surface area contributed by atoms with Crippen molar-refractivity contribution in [2.45, 2.75) is 33.2 Å². The molecular weight excluding hydrogens is 220 g/mol. The van der Waals surface area contributed by atoms with E-state index in [0.717, 1.165) is 12.5 Å². The second kappa shape index (κ2) is 5.57. The molecule has 2 rings (SSSR count). The zero-order valence-corrected chi connectivity index (χ0v) is 12.0. The first kappa shape index (κ1) is 13.2. The van der Waals surface area contributed by atoms with E-state index in [1.807, 2.05) is 0 Å². The maximum absolute atomic E-state index is 3.39. The SMILES string of the molecule is CC(C)CCc1cccc2[nH]cc(CN(C)C)c12. The molecule has 0 amide bonds. The second-order valence-corrected chi connectivity index (χ2v) is 5.82. The van der Waals surface area contributed by atoms with E-state index in [1.165, 1.54) is 34.9 Å². The maximum Gasteiger partial charge on any atom is 0.0460 e. The lowest BCUT2D eigenvalue weighted by atomic mass is 9.98. The first-order valence-corrected chi connectivity index (χ1v) is 6.80. The van der Waals surface area contributed by atoms with Gasteiger partial charge in [0.2, 0.25) is 0 Å². The fourth-order valence-electron chi connectivity index (χ4n) is 2.45. The van der Waals surface area contributed by atoms with Gasteiger partial charge in [0.25, 0.3) is 0 Å². The summed E-state index contributed by atoms with van der Waals surface area (Å²) in [5, 5.41) is 1.44. The van der Waals surface area contributed by atoms with Gasteiger partial charge in [-0.05, 0) is 50.0 Å². The summed E-state index contributed by atoms with van der Waals surface area (Å²) in [5.41, 5.74) is 4.17. The van der Waals surface area contributed by atoms with Crippen LogP contribution in [0.25, 0.3) is 10.9 Å². The number of aromatic nitrogens is 1. The van der Waals surface area contributed by atoms with Crippen LogP contribution in [0.3, 0.4) is 0 Å². The van der Waals surface area contributed by atoms with Crippen LogP contribution in [0.4, 0.5) is 0 Å². The minimum absolute atomic E-state index is 0.761. The number of nitrogens with one attached hydrogen (secondary N) is 1. The Bertz CT molecular complexity index is 509. The largest absolute Gasteiger partial charge is 0.361 e. The molecule has 0 unspecified atom stereocenters. The molecule has 0 aliphatic carbocycles. The van der Waals surface area contributed by atoms with Gasteiger partial charge in [-0.2, -0.15) is 0 Å². The van der Waals surface area contributed by atoms with Crippen molar-refractivity contribution in [2.24, 2.45) is 5.92 Å². The van der Waals surface area contributed by atoms with Crippen molar-refractivity contribution in [2.75, 3.05) is 14.1 Å². The molecule has 1 aromatic carbocycles. The minimum atomic E-state index is 0.761. The third-order valence-corrected chi connectivity index (χ3v) is 3.35. The van der Waals surface area contributed by atoms with Crippen molar-refractivity contribution in [3.8, 4) is 0 Å². The smallest absolute Gasteiger partial charge is 0.0460 e. The van der Waals surface area contributed by atoms with Crippen LogP contribution in [-0.2, 0) is 13.0 Å². The predicted molar refractivity (Wildman–Crippen MR) is 78.8 cm³/mol. The molecule has 0 spiro atoms. The third kappa shape index (κ3) is 2.94. The summed E-state index contributed by atoms with van der Waals surface area (Å²) in [4.78, 5) is 5.62. The highest BCUT2D eigenvalue weighted by Crippen LogP contribution is 2.25. The van der Waals surface area contributed by atoms with E-state index in [0.29, 0.717) is 0 Å². The molecule has 0 bridgehead atoms. The van der Waals surface area contributed by atoms with Crippen LogP contribution in [0.5, 0.6) is 0 Å². The summed E-state index contributed by atoms with van der Waals surface area (Å²) in [6.07, 6.45) is 4.59. The standard InChI is InChI=1S/C16H24N2/c1-12(2)8-9-13-6-5-7-15-16(13)14(10-17-15)11-18(3)4/h5-7,10,12,17H,8-9,11H2,1-4H3.